The van der Waals surface area contributed by atoms with Crippen molar-refractivity contribution in [3.05, 3.63) is 63.2 Å². The first-order chi connectivity index (χ1) is 12.5. The molecule has 8 heteroatoms. The van der Waals surface area contributed by atoms with Crippen molar-refractivity contribution in [2.24, 2.45) is 0 Å². The zero-order valence-electron chi connectivity index (χ0n) is 14.4. The van der Waals surface area contributed by atoms with Gasteiger partial charge in [0.15, 0.2) is 6.79 Å². The molecule has 0 saturated carbocycles. The Hall–Kier alpha value is -3.13. The lowest BCUT2D eigenvalue weighted by Gasteiger charge is -2.20. The lowest BCUT2D eigenvalue weighted by molar-refractivity contribution is -0.385. The fourth-order valence-electron chi connectivity index (χ4n) is 2.62. The molecule has 0 amide bonds. The fraction of sp³-hybridized carbons (Fsp3) is 0.278. The zero-order valence-corrected chi connectivity index (χ0v) is 14.4. The van der Waals surface area contributed by atoms with Gasteiger partial charge in [-0.25, -0.2) is 4.79 Å². The van der Waals surface area contributed by atoms with Crippen LogP contribution in [0.1, 0.15) is 21.5 Å². The Kier molecular flexibility index (Phi) is 5.04. The van der Waals surface area contributed by atoms with Gasteiger partial charge in [-0.1, -0.05) is 0 Å². The summed E-state index contributed by atoms with van der Waals surface area (Å²) in [5.74, 6) is -0.0415. The molecule has 1 aliphatic rings. The van der Waals surface area contributed by atoms with Gasteiger partial charge in [0, 0.05) is 43.0 Å². The van der Waals surface area contributed by atoms with Gasteiger partial charge in [0.25, 0.3) is 5.69 Å². The highest BCUT2D eigenvalue weighted by Gasteiger charge is 2.22. The number of nitro benzene ring substituents is 1. The molecule has 3 rings (SSSR count). The number of hydrogen-bond acceptors (Lipinski definition) is 7. The van der Waals surface area contributed by atoms with Crippen molar-refractivity contribution in [1.29, 1.82) is 0 Å². The van der Waals surface area contributed by atoms with Crippen molar-refractivity contribution in [1.82, 2.24) is 0 Å². The van der Waals surface area contributed by atoms with Crippen LogP contribution >= 0.6 is 0 Å². The quantitative estimate of drug-likeness (QED) is 0.461. The summed E-state index contributed by atoms with van der Waals surface area (Å²) in [4.78, 5) is 24.8. The number of non-ortho nitro benzene ring substituents is 1. The predicted molar refractivity (Wildman–Crippen MR) is 93.3 cm³/mol. The summed E-state index contributed by atoms with van der Waals surface area (Å²) in [6.45, 7) is 0.139. The Bertz CT molecular complexity index is 832. The number of anilines is 1. The van der Waals surface area contributed by atoms with Gasteiger partial charge >= 0.3 is 5.97 Å². The molecule has 2 aromatic carbocycles. The van der Waals surface area contributed by atoms with Gasteiger partial charge in [0.2, 0.25) is 0 Å². The molecule has 0 radical (unpaired) electrons. The molecular formula is C18H18N2O6. The summed E-state index contributed by atoms with van der Waals surface area (Å²) < 4.78 is 15.9. The molecule has 0 fully saturated rings. The molecular weight excluding hydrogens is 340 g/mol. The van der Waals surface area contributed by atoms with Crippen molar-refractivity contribution in [2.75, 3.05) is 25.8 Å². The second kappa shape index (κ2) is 7.40. The minimum atomic E-state index is -0.511. The number of ether oxygens (including phenoxy) is 3. The van der Waals surface area contributed by atoms with E-state index < -0.39 is 10.9 Å². The van der Waals surface area contributed by atoms with E-state index in [4.69, 9.17) is 14.2 Å². The molecule has 0 atom stereocenters. The molecule has 0 aromatic heterocycles. The minimum Gasteiger partial charge on any atom is -0.467 e. The summed E-state index contributed by atoms with van der Waals surface area (Å²) in [6.07, 6.45) is 0. The van der Waals surface area contributed by atoms with Crippen LogP contribution in [0.5, 0.6) is 5.75 Å². The summed E-state index contributed by atoms with van der Waals surface area (Å²) in [5.41, 5.74) is 2.27. The largest absolute Gasteiger partial charge is 0.467 e. The molecule has 0 spiro atoms. The number of esters is 1. The molecule has 2 aromatic rings. The van der Waals surface area contributed by atoms with Crippen LogP contribution in [-0.2, 0) is 22.7 Å². The van der Waals surface area contributed by atoms with Crippen LogP contribution in [0.25, 0.3) is 0 Å². The van der Waals surface area contributed by atoms with Gasteiger partial charge in [-0.15, -0.1) is 0 Å². The predicted octanol–water partition coefficient (Wildman–Crippen LogP) is 2.88. The average molecular weight is 358 g/mol. The van der Waals surface area contributed by atoms with Gasteiger partial charge in [0.05, 0.1) is 17.1 Å². The van der Waals surface area contributed by atoms with E-state index in [1.807, 2.05) is 31.1 Å². The average Bonchev–Trinajstić information content (AvgIpc) is 2.65. The number of carbonyl (C=O) groups is 1. The second-order valence-electron chi connectivity index (χ2n) is 5.98. The third-order valence-electron chi connectivity index (χ3n) is 3.96. The van der Waals surface area contributed by atoms with E-state index in [-0.39, 0.29) is 25.7 Å². The van der Waals surface area contributed by atoms with Crippen LogP contribution in [0, 0.1) is 10.1 Å². The van der Waals surface area contributed by atoms with Crippen molar-refractivity contribution < 1.29 is 23.9 Å². The maximum atomic E-state index is 12.3. The molecule has 26 heavy (non-hydrogen) atoms. The molecule has 0 N–H and O–H groups in total. The Morgan fingerprint density at radius 1 is 1.27 bits per heavy atom. The Morgan fingerprint density at radius 3 is 2.65 bits per heavy atom. The molecule has 136 valence electrons. The first-order valence-electron chi connectivity index (χ1n) is 7.91. The summed E-state index contributed by atoms with van der Waals surface area (Å²) in [6, 6.07) is 9.72. The van der Waals surface area contributed by atoms with Gasteiger partial charge in [0.1, 0.15) is 12.4 Å². The van der Waals surface area contributed by atoms with E-state index in [0.29, 0.717) is 22.4 Å². The highest BCUT2D eigenvalue weighted by Crippen LogP contribution is 2.33. The highest BCUT2D eigenvalue weighted by molar-refractivity contribution is 5.89. The van der Waals surface area contributed by atoms with Crippen LogP contribution in [0.4, 0.5) is 11.4 Å². The molecule has 0 aliphatic carbocycles. The number of benzene rings is 2. The Balaban J connectivity index is 1.77. The molecule has 0 bridgehead atoms. The van der Waals surface area contributed by atoms with Gasteiger partial charge in [-0.3, -0.25) is 10.1 Å². The van der Waals surface area contributed by atoms with E-state index in [0.717, 1.165) is 5.69 Å². The third kappa shape index (κ3) is 3.75. The van der Waals surface area contributed by atoms with Crippen LogP contribution in [0.3, 0.4) is 0 Å². The maximum Gasteiger partial charge on any atom is 0.338 e. The Morgan fingerprint density at radius 2 is 2.00 bits per heavy atom. The number of fused-ring (bicyclic) bond motifs is 1. The van der Waals surface area contributed by atoms with Crippen molar-refractivity contribution in [3.8, 4) is 5.75 Å². The van der Waals surface area contributed by atoms with Gasteiger partial charge in [-0.2, -0.15) is 0 Å². The smallest absolute Gasteiger partial charge is 0.338 e. The van der Waals surface area contributed by atoms with E-state index in [9.17, 15) is 14.9 Å². The minimum absolute atomic E-state index is 0.0533. The summed E-state index contributed by atoms with van der Waals surface area (Å²) in [5, 5.41) is 11.1. The molecule has 8 nitrogen and oxygen atoms in total. The van der Waals surface area contributed by atoms with Crippen molar-refractivity contribution in [2.45, 2.75) is 13.2 Å². The molecule has 1 aliphatic heterocycles. The summed E-state index contributed by atoms with van der Waals surface area (Å²) in [7, 11) is 3.81. The highest BCUT2D eigenvalue weighted by atomic mass is 16.7. The molecule has 0 saturated heterocycles. The van der Waals surface area contributed by atoms with Crippen LogP contribution in [0.2, 0.25) is 0 Å². The van der Waals surface area contributed by atoms with Crippen molar-refractivity contribution >= 4 is 17.3 Å². The zero-order chi connectivity index (χ0) is 18.7. The topological polar surface area (TPSA) is 91.1 Å². The third-order valence-corrected chi connectivity index (χ3v) is 3.96. The maximum absolute atomic E-state index is 12.3. The number of nitrogens with zero attached hydrogens (tertiary/aromatic N) is 2. The molecule has 1 heterocycles. The lowest BCUT2D eigenvalue weighted by Crippen LogP contribution is -2.15. The number of hydrogen-bond donors (Lipinski definition) is 0. The molecule has 0 unspecified atom stereocenters. The fourth-order valence-corrected chi connectivity index (χ4v) is 2.62. The SMILES string of the molecule is CN(C)c1ccc(C(=O)OCc2cc([N+](=O)[O-])cc3c2OCOC3)cc1. The summed E-state index contributed by atoms with van der Waals surface area (Å²) >= 11 is 0. The van der Waals surface area contributed by atoms with Crippen LogP contribution < -0.4 is 9.64 Å². The van der Waals surface area contributed by atoms with E-state index in [1.165, 1.54) is 12.1 Å². The number of carbonyl (C=O) groups excluding carboxylic acids is 1. The first-order valence-corrected chi connectivity index (χ1v) is 7.91. The normalized spacial score (nSPS) is 12.7. The Labute approximate surface area is 150 Å². The standard InChI is InChI=1S/C18H18N2O6/c1-19(2)15-5-3-12(4-6-15)18(21)25-10-14-8-16(20(22)23)7-13-9-24-11-26-17(13)14/h3-8H,9-11H2,1-2H3. The van der Waals surface area contributed by atoms with Crippen LogP contribution in [-0.4, -0.2) is 31.8 Å². The lowest BCUT2D eigenvalue weighted by atomic mass is 10.1. The number of nitro groups is 1. The number of rotatable bonds is 5. The van der Waals surface area contributed by atoms with Gasteiger partial charge < -0.3 is 19.1 Å². The van der Waals surface area contributed by atoms with E-state index in [2.05, 4.69) is 0 Å². The van der Waals surface area contributed by atoms with E-state index in [1.54, 1.807) is 12.1 Å². The van der Waals surface area contributed by atoms with Crippen LogP contribution in [0.15, 0.2) is 36.4 Å². The van der Waals surface area contributed by atoms with Crippen molar-refractivity contribution in [3.63, 3.8) is 0 Å². The monoisotopic (exact) mass is 358 g/mol. The van der Waals surface area contributed by atoms with E-state index >= 15 is 0 Å². The second-order valence-corrected chi connectivity index (χ2v) is 5.98. The van der Waals surface area contributed by atoms with Gasteiger partial charge in [-0.05, 0) is 24.3 Å². The first kappa shape index (κ1) is 17.7.